The monoisotopic (exact) mass is 472 g/mol. The molecule has 0 aliphatic carbocycles. The van der Waals surface area contributed by atoms with Crippen LogP contribution >= 0.6 is 11.3 Å². The molecule has 33 heavy (non-hydrogen) atoms. The maximum Gasteiger partial charge on any atom is 0.293 e. The minimum absolute atomic E-state index is 0.0676. The lowest BCUT2D eigenvalue weighted by Crippen LogP contribution is -2.27. The van der Waals surface area contributed by atoms with Crippen LogP contribution in [0.3, 0.4) is 0 Å². The zero-order chi connectivity index (χ0) is 23.8. The van der Waals surface area contributed by atoms with Crippen LogP contribution in [0.15, 0.2) is 46.4 Å². The van der Waals surface area contributed by atoms with Gasteiger partial charge in [-0.25, -0.2) is 4.98 Å². The molecule has 3 aromatic rings. The molecular weight excluding hydrogens is 448 g/mol. The van der Waals surface area contributed by atoms with Crippen LogP contribution in [0, 0.1) is 0 Å². The first kappa shape index (κ1) is 23.8. The number of hydrogen-bond acceptors (Lipinski definition) is 8. The molecule has 174 valence electrons. The van der Waals surface area contributed by atoms with Gasteiger partial charge in [0.05, 0.1) is 25.5 Å². The molecule has 0 bridgehead atoms. The fourth-order valence-electron chi connectivity index (χ4n) is 2.65. The van der Waals surface area contributed by atoms with E-state index in [1.807, 2.05) is 0 Å². The van der Waals surface area contributed by atoms with Gasteiger partial charge in [-0.1, -0.05) is 6.07 Å². The molecule has 10 nitrogen and oxygen atoms in total. The first-order valence-corrected chi connectivity index (χ1v) is 10.8. The van der Waals surface area contributed by atoms with Crippen LogP contribution in [0.1, 0.15) is 21.8 Å². The molecule has 0 aliphatic heterocycles. The van der Waals surface area contributed by atoms with Crippen LogP contribution in [0.25, 0.3) is 0 Å². The molecule has 11 heteroatoms. The molecule has 2 aromatic heterocycles. The molecule has 0 fully saturated rings. The Labute approximate surface area is 194 Å². The number of methoxy groups -OCH3 is 1. The van der Waals surface area contributed by atoms with E-state index in [4.69, 9.17) is 13.9 Å². The van der Waals surface area contributed by atoms with E-state index in [9.17, 15) is 14.4 Å². The standard InChI is InChI=1S/C22H24N4O6S/c1-26(2)20(28)12-32-16-7-6-14(9-18(16)30-3)11-23-19(27)10-15-13-33-22(24-15)25-21(29)17-5-4-8-31-17/h4-9,13H,10-12H2,1-3H3,(H,23,27)(H,24,25,29). The average molecular weight is 473 g/mol. The lowest BCUT2D eigenvalue weighted by Gasteiger charge is -2.14. The summed E-state index contributed by atoms with van der Waals surface area (Å²) in [6, 6.07) is 8.38. The van der Waals surface area contributed by atoms with Gasteiger partial charge in [0.15, 0.2) is 29.0 Å². The Kier molecular flexibility index (Phi) is 8.03. The Morgan fingerprint density at radius 1 is 1.18 bits per heavy atom. The lowest BCUT2D eigenvalue weighted by molar-refractivity contribution is -0.130. The number of nitrogens with one attached hydrogen (secondary N) is 2. The van der Waals surface area contributed by atoms with E-state index in [2.05, 4.69) is 15.6 Å². The van der Waals surface area contributed by atoms with Crippen LogP contribution in [-0.2, 0) is 22.6 Å². The first-order chi connectivity index (χ1) is 15.9. The summed E-state index contributed by atoms with van der Waals surface area (Å²) < 4.78 is 15.9. The van der Waals surface area contributed by atoms with Crippen LogP contribution in [-0.4, -0.2) is 55.4 Å². The van der Waals surface area contributed by atoms with Gasteiger partial charge in [0.1, 0.15) is 0 Å². The predicted molar refractivity (Wildman–Crippen MR) is 122 cm³/mol. The van der Waals surface area contributed by atoms with Crippen molar-refractivity contribution in [3.05, 3.63) is 59.0 Å². The predicted octanol–water partition coefficient (Wildman–Crippen LogP) is 2.32. The van der Waals surface area contributed by atoms with Gasteiger partial charge < -0.3 is 24.1 Å². The van der Waals surface area contributed by atoms with Gasteiger partial charge in [-0.15, -0.1) is 11.3 Å². The van der Waals surface area contributed by atoms with Crippen molar-refractivity contribution >= 4 is 34.2 Å². The molecule has 0 unspecified atom stereocenters. The number of likely N-dealkylation sites (N-methyl/N-ethyl adjacent to an activating group) is 1. The van der Waals surface area contributed by atoms with Crippen molar-refractivity contribution < 1.29 is 28.3 Å². The largest absolute Gasteiger partial charge is 0.493 e. The summed E-state index contributed by atoms with van der Waals surface area (Å²) in [6.07, 6.45) is 1.48. The Balaban J connectivity index is 1.50. The number of aromatic nitrogens is 1. The summed E-state index contributed by atoms with van der Waals surface area (Å²) in [5.74, 6) is 0.289. The summed E-state index contributed by atoms with van der Waals surface area (Å²) in [5.41, 5.74) is 1.34. The molecule has 1 aromatic carbocycles. The second-order valence-electron chi connectivity index (χ2n) is 7.09. The Morgan fingerprint density at radius 3 is 2.70 bits per heavy atom. The molecule has 3 rings (SSSR count). The molecule has 0 radical (unpaired) electrons. The molecule has 0 spiro atoms. The highest BCUT2D eigenvalue weighted by Gasteiger charge is 2.14. The number of furan rings is 1. The third-order valence-corrected chi connectivity index (χ3v) is 5.23. The van der Waals surface area contributed by atoms with Gasteiger partial charge in [-0.2, -0.15) is 0 Å². The quantitative estimate of drug-likeness (QED) is 0.464. The van der Waals surface area contributed by atoms with Gasteiger partial charge in [-0.05, 0) is 29.8 Å². The van der Waals surface area contributed by atoms with Crippen molar-refractivity contribution in [2.24, 2.45) is 0 Å². The smallest absolute Gasteiger partial charge is 0.293 e. The Hall–Kier alpha value is -3.86. The number of rotatable bonds is 10. The summed E-state index contributed by atoms with van der Waals surface area (Å²) in [4.78, 5) is 41.7. The highest BCUT2D eigenvalue weighted by atomic mass is 32.1. The molecule has 0 saturated carbocycles. The minimum Gasteiger partial charge on any atom is -0.493 e. The normalized spacial score (nSPS) is 10.4. The van der Waals surface area contributed by atoms with Crippen LogP contribution < -0.4 is 20.1 Å². The highest BCUT2D eigenvalue weighted by molar-refractivity contribution is 7.14. The molecule has 0 saturated heterocycles. The van der Waals surface area contributed by atoms with E-state index in [-0.39, 0.29) is 37.1 Å². The molecular formula is C22H24N4O6S. The van der Waals surface area contributed by atoms with Crippen molar-refractivity contribution in [3.63, 3.8) is 0 Å². The summed E-state index contributed by atoms with van der Waals surface area (Å²) in [5, 5.41) is 7.54. The zero-order valence-electron chi connectivity index (χ0n) is 18.4. The fraction of sp³-hybridized carbons (Fsp3) is 0.273. The summed E-state index contributed by atoms with van der Waals surface area (Å²) >= 11 is 1.22. The fourth-order valence-corrected chi connectivity index (χ4v) is 3.35. The summed E-state index contributed by atoms with van der Waals surface area (Å²) in [7, 11) is 4.80. The summed E-state index contributed by atoms with van der Waals surface area (Å²) in [6.45, 7) is 0.176. The van der Waals surface area contributed by atoms with E-state index in [0.29, 0.717) is 22.3 Å². The molecule has 0 aliphatic rings. The SMILES string of the molecule is COc1cc(CNC(=O)Cc2csc(NC(=O)c3ccco3)n2)ccc1OCC(=O)N(C)C. The minimum atomic E-state index is -0.405. The molecule has 3 amide bonds. The number of thiazole rings is 1. The lowest BCUT2D eigenvalue weighted by atomic mass is 10.2. The molecule has 2 N–H and O–H groups in total. The van der Waals surface area contributed by atoms with E-state index in [0.717, 1.165) is 5.56 Å². The number of ether oxygens (including phenoxy) is 2. The zero-order valence-corrected chi connectivity index (χ0v) is 19.2. The number of hydrogen-bond donors (Lipinski definition) is 2. The van der Waals surface area contributed by atoms with Crippen molar-refractivity contribution in [3.8, 4) is 11.5 Å². The van der Waals surface area contributed by atoms with Gasteiger partial charge in [-0.3, -0.25) is 19.7 Å². The van der Waals surface area contributed by atoms with E-state index in [1.165, 1.54) is 29.6 Å². The number of carbonyl (C=O) groups excluding carboxylic acids is 3. The van der Waals surface area contributed by atoms with Crippen molar-refractivity contribution in [2.45, 2.75) is 13.0 Å². The van der Waals surface area contributed by atoms with E-state index in [1.54, 1.807) is 49.8 Å². The van der Waals surface area contributed by atoms with Crippen molar-refractivity contribution in [2.75, 3.05) is 33.1 Å². The number of anilines is 1. The Morgan fingerprint density at radius 2 is 2.00 bits per heavy atom. The maximum atomic E-state index is 12.3. The second kappa shape index (κ2) is 11.1. The van der Waals surface area contributed by atoms with Gasteiger partial charge in [0.2, 0.25) is 5.91 Å². The number of benzene rings is 1. The van der Waals surface area contributed by atoms with Gasteiger partial charge in [0, 0.05) is 26.0 Å². The third kappa shape index (κ3) is 6.81. The number of carbonyl (C=O) groups is 3. The number of nitrogens with zero attached hydrogens (tertiary/aromatic N) is 2. The highest BCUT2D eigenvalue weighted by Crippen LogP contribution is 2.28. The van der Waals surface area contributed by atoms with Crippen LogP contribution in [0.4, 0.5) is 5.13 Å². The average Bonchev–Trinajstić information content (AvgIpc) is 3.48. The van der Waals surface area contributed by atoms with Crippen LogP contribution in [0.5, 0.6) is 11.5 Å². The Bertz CT molecular complexity index is 1110. The van der Waals surface area contributed by atoms with Crippen molar-refractivity contribution in [1.82, 2.24) is 15.2 Å². The van der Waals surface area contributed by atoms with Gasteiger partial charge in [0.25, 0.3) is 11.8 Å². The molecule has 0 atom stereocenters. The topological polar surface area (TPSA) is 123 Å². The van der Waals surface area contributed by atoms with Gasteiger partial charge >= 0.3 is 0 Å². The van der Waals surface area contributed by atoms with Crippen molar-refractivity contribution in [1.29, 1.82) is 0 Å². The first-order valence-electron chi connectivity index (χ1n) is 9.91. The van der Waals surface area contributed by atoms with E-state index >= 15 is 0 Å². The number of amides is 3. The molecule has 2 heterocycles. The maximum absolute atomic E-state index is 12.3. The third-order valence-electron chi connectivity index (χ3n) is 4.43. The second-order valence-corrected chi connectivity index (χ2v) is 7.95. The van der Waals surface area contributed by atoms with Crippen LogP contribution in [0.2, 0.25) is 0 Å². The van der Waals surface area contributed by atoms with E-state index < -0.39 is 5.91 Å².